The molecule has 25 heavy (non-hydrogen) atoms. The van der Waals surface area contributed by atoms with Crippen molar-refractivity contribution in [2.75, 3.05) is 13.2 Å². The highest BCUT2D eigenvalue weighted by Gasteiger charge is 2.31. The number of ether oxygens (including phenoxy) is 2. The van der Waals surface area contributed by atoms with Crippen molar-refractivity contribution < 1.29 is 26.7 Å². The number of halogens is 2. The first-order chi connectivity index (χ1) is 11.7. The fourth-order valence-corrected chi connectivity index (χ4v) is 4.06. The number of hydrogen-bond acceptors (Lipinski definition) is 4. The van der Waals surface area contributed by atoms with Crippen LogP contribution in [-0.4, -0.2) is 21.6 Å². The zero-order chi connectivity index (χ0) is 18.2. The first-order valence-corrected chi connectivity index (χ1v) is 9.07. The quantitative estimate of drug-likeness (QED) is 0.900. The lowest BCUT2D eigenvalue weighted by atomic mass is 9.95. The van der Waals surface area contributed by atoms with E-state index >= 15 is 0 Å². The van der Waals surface area contributed by atoms with Gasteiger partial charge in [-0.2, -0.15) is 0 Å². The van der Waals surface area contributed by atoms with Gasteiger partial charge in [-0.3, -0.25) is 0 Å². The second kappa shape index (κ2) is 6.27. The average Bonchev–Trinajstić information content (AvgIpc) is 2.55. The van der Waals surface area contributed by atoms with E-state index in [1.54, 1.807) is 32.0 Å². The Morgan fingerprint density at radius 1 is 1.04 bits per heavy atom. The zero-order valence-corrected chi connectivity index (χ0v) is 14.5. The molecule has 1 aliphatic heterocycles. The number of nitrogens with one attached hydrogen (secondary N) is 1. The lowest BCUT2D eigenvalue weighted by Gasteiger charge is -2.28. The third-order valence-corrected chi connectivity index (χ3v) is 5.53. The fourth-order valence-electron chi connectivity index (χ4n) is 2.57. The molecular weight excluding hydrogens is 352 g/mol. The molecule has 1 aliphatic rings. The predicted octanol–water partition coefficient (Wildman–Crippen LogP) is 2.95. The summed E-state index contributed by atoms with van der Waals surface area (Å²) >= 11 is 0. The molecule has 0 radical (unpaired) electrons. The van der Waals surface area contributed by atoms with Crippen LogP contribution in [0.15, 0.2) is 41.3 Å². The first kappa shape index (κ1) is 17.6. The van der Waals surface area contributed by atoms with Gasteiger partial charge in [0.1, 0.15) is 18.1 Å². The van der Waals surface area contributed by atoms with Gasteiger partial charge >= 0.3 is 0 Å². The Kier molecular flexibility index (Phi) is 4.42. The summed E-state index contributed by atoms with van der Waals surface area (Å²) in [6, 6.07) is 8.06. The summed E-state index contributed by atoms with van der Waals surface area (Å²) in [6.45, 7) is 4.08. The molecule has 2 aromatic rings. The molecule has 0 spiro atoms. The van der Waals surface area contributed by atoms with E-state index in [-0.39, 0.29) is 0 Å². The van der Waals surface area contributed by atoms with E-state index in [2.05, 4.69) is 4.72 Å². The van der Waals surface area contributed by atoms with Gasteiger partial charge in [0.2, 0.25) is 10.0 Å². The van der Waals surface area contributed by atoms with Crippen LogP contribution in [0, 0.1) is 11.6 Å². The van der Waals surface area contributed by atoms with Gasteiger partial charge in [-0.05, 0) is 43.7 Å². The van der Waals surface area contributed by atoms with Crippen molar-refractivity contribution in [1.29, 1.82) is 0 Å². The van der Waals surface area contributed by atoms with E-state index in [1.165, 1.54) is 0 Å². The minimum Gasteiger partial charge on any atom is -0.486 e. The van der Waals surface area contributed by atoms with Gasteiger partial charge in [0.15, 0.2) is 23.1 Å². The molecule has 0 aromatic heterocycles. The third-order valence-electron chi connectivity index (χ3n) is 3.86. The molecule has 0 bridgehead atoms. The molecule has 2 aromatic carbocycles. The Hall–Kier alpha value is -2.19. The van der Waals surface area contributed by atoms with Crippen LogP contribution in [0.3, 0.4) is 0 Å². The molecule has 3 rings (SSSR count). The van der Waals surface area contributed by atoms with E-state index in [9.17, 15) is 17.2 Å². The summed E-state index contributed by atoms with van der Waals surface area (Å²) in [5.74, 6) is -1.55. The van der Waals surface area contributed by atoms with Crippen molar-refractivity contribution in [3.63, 3.8) is 0 Å². The van der Waals surface area contributed by atoms with Gasteiger partial charge in [0.05, 0.1) is 5.54 Å². The van der Waals surface area contributed by atoms with E-state index < -0.39 is 32.1 Å². The average molecular weight is 369 g/mol. The summed E-state index contributed by atoms with van der Waals surface area (Å²) in [5.41, 5.74) is -0.495. The number of benzene rings is 2. The van der Waals surface area contributed by atoms with Crippen LogP contribution in [0.4, 0.5) is 8.78 Å². The van der Waals surface area contributed by atoms with Crippen LogP contribution in [0.5, 0.6) is 11.5 Å². The Labute approximate surface area is 144 Å². The number of hydrogen-bond donors (Lipinski definition) is 1. The maximum atomic E-state index is 13.9. The van der Waals surface area contributed by atoms with Gasteiger partial charge in [0, 0.05) is 0 Å². The molecule has 134 valence electrons. The van der Waals surface area contributed by atoms with Gasteiger partial charge in [0.25, 0.3) is 0 Å². The van der Waals surface area contributed by atoms with Crippen molar-refractivity contribution >= 4 is 10.0 Å². The summed E-state index contributed by atoms with van der Waals surface area (Å²) in [5, 5.41) is 0. The number of fused-ring (bicyclic) bond motifs is 1. The maximum Gasteiger partial charge on any atom is 0.244 e. The van der Waals surface area contributed by atoms with Crippen molar-refractivity contribution in [1.82, 2.24) is 4.72 Å². The van der Waals surface area contributed by atoms with Gasteiger partial charge in [-0.1, -0.05) is 12.1 Å². The highest BCUT2D eigenvalue weighted by molar-refractivity contribution is 7.89. The van der Waals surface area contributed by atoms with E-state index in [0.717, 1.165) is 18.2 Å². The summed E-state index contributed by atoms with van der Waals surface area (Å²) < 4.78 is 65.6. The molecule has 1 N–H and O–H groups in total. The van der Waals surface area contributed by atoms with Gasteiger partial charge < -0.3 is 9.47 Å². The number of sulfonamides is 1. The molecule has 0 unspecified atom stereocenters. The van der Waals surface area contributed by atoms with E-state index in [0.29, 0.717) is 30.3 Å². The molecule has 5 nitrogen and oxygen atoms in total. The van der Waals surface area contributed by atoms with Crippen molar-refractivity contribution in [2.45, 2.75) is 24.3 Å². The van der Waals surface area contributed by atoms with E-state index in [4.69, 9.17) is 9.47 Å². The normalized spacial score (nSPS) is 14.4. The third kappa shape index (κ3) is 3.45. The van der Waals surface area contributed by atoms with Crippen LogP contribution >= 0.6 is 0 Å². The lowest BCUT2D eigenvalue weighted by molar-refractivity contribution is 0.171. The molecule has 0 fully saturated rings. The van der Waals surface area contributed by atoms with E-state index in [1.807, 2.05) is 0 Å². The Balaban J connectivity index is 1.94. The van der Waals surface area contributed by atoms with Crippen LogP contribution in [0.1, 0.15) is 19.4 Å². The summed E-state index contributed by atoms with van der Waals surface area (Å²) in [4.78, 5) is -0.738. The summed E-state index contributed by atoms with van der Waals surface area (Å²) in [6.07, 6.45) is 0. The van der Waals surface area contributed by atoms with Crippen LogP contribution in [-0.2, 0) is 15.6 Å². The largest absolute Gasteiger partial charge is 0.486 e. The standard InChI is InChI=1S/C17H17F2NO4S/c1-17(2,11-6-7-13-14(10-11)24-9-8-23-13)20-25(21,22)15-5-3-4-12(18)16(15)19/h3-7,10,20H,8-9H2,1-2H3. The number of rotatable bonds is 4. The molecule has 0 saturated heterocycles. The molecule has 0 aliphatic carbocycles. The Bertz CT molecular complexity index is 913. The molecule has 1 heterocycles. The Morgan fingerprint density at radius 3 is 2.44 bits per heavy atom. The highest BCUT2D eigenvalue weighted by Crippen LogP contribution is 2.35. The highest BCUT2D eigenvalue weighted by atomic mass is 32.2. The minimum absolute atomic E-state index is 0.400. The SMILES string of the molecule is CC(C)(NS(=O)(=O)c1cccc(F)c1F)c1ccc2c(c1)OCCO2. The van der Waals surface area contributed by atoms with Crippen molar-refractivity contribution in [3.8, 4) is 11.5 Å². The predicted molar refractivity (Wildman–Crippen MR) is 87.1 cm³/mol. The monoisotopic (exact) mass is 369 g/mol. The minimum atomic E-state index is -4.28. The smallest absolute Gasteiger partial charge is 0.244 e. The second-order valence-electron chi connectivity index (χ2n) is 6.14. The molecule has 0 amide bonds. The van der Waals surface area contributed by atoms with Crippen LogP contribution in [0.2, 0.25) is 0 Å². The van der Waals surface area contributed by atoms with Gasteiger partial charge in [-0.25, -0.2) is 21.9 Å². The second-order valence-corrected chi connectivity index (χ2v) is 7.79. The zero-order valence-electron chi connectivity index (χ0n) is 13.7. The summed E-state index contributed by atoms with van der Waals surface area (Å²) in [7, 11) is -4.28. The van der Waals surface area contributed by atoms with Crippen LogP contribution in [0.25, 0.3) is 0 Å². The van der Waals surface area contributed by atoms with Gasteiger partial charge in [-0.15, -0.1) is 0 Å². The molecule has 0 atom stereocenters. The fraction of sp³-hybridized carbons (Fsp3) is 0.294. The lowest BCUT2D eigenvalue weighted by Crippen LogP contribution is -2.41. The topological polar surface area (TPSA) is 64.6 Å². The molecule has 0 saturated carbocycles. The Morgan fingerprint density at radius 2 is 1.72 bits per heavy atom. The first-order valence-electron chi connectivity index (χ1n) is 7.59. The molecular formula is C17H17F2NO4S. The van der Waals surface area contributed by atoms with Crippen molar-refractivity contribution in [3.05, 3.63) is 53.6 Å². The maximum absolute atomic E-state index is 13.9. The van der Waals surface area contributed by atoms with Crippen molar-refractivity contribution in [2.24, 2.45) is 0 Å². The molecule has 8 heteroatoms. The van der Waals surface area contributed by atoms with Crippen LogP contribution < -0.4 is 14.2 Å².